The fraction of sp³-hybridized carbons (Fsp3) is 0.391. The predicted molar refractivity (Wildman–Crippen MR) is 118 cm³/mol. The molecule has 1 saturated heterocycles. The average molecular weight is 412 g/mol. The number of carbonyl (C=O) groups excluding carboxylic acids is 2. The van der Waals surface area contributed by atoms with E-state index in [0.29, 0.717) is 49.7 Å². The molecule has 1 aliphatic rings. The molecule has 0 spiro atoms. The van der Waals surface area contributed by atoms with Gasteiger partial charge in [0.15, 0.2) is 0 Å². The maximum Gasteiger partial charge on any atom is 0.319 e. The lowest BCUT2D eigenvalue weighted by Crippen LogP contribution is -2.35. The summed E-state index contributed by atoms with van der Waals surface area (Å²) in [4.78, 5) is 26.2. The Hall–Kier alpha value is -3.22. The Morgan fingerprint density at radius 3 is 2.80 bits per heavy atom. The molecule has 1 fully saturated rings. The number of hydrogen-bond donors (Lipinski definition) is 2. The summed E-state index contributed by atoms with van der Waals surface area (Å²) in [5.74, 6) is 1.52. The molecule has 0 aliphatic carbocycles. The zero-order chi connectivity index (χ0) is 21.3. The topological polar surface area (TPSA) is 79.9 Å². The standard InChI is InChI=1S/C23H29N3O4/c1-17-7-5-8-19(15-17)30-14-6-12-24-23(28)25-18-10-11-21(29-2)20(16-18)26-13-4-3-9-22(26)27/h5,7-8,10-11,15-16H,3-4,6,9,12-14H2,1-2H3,(H2,24,25,28). The third-order valence-corrected chi connectivity index (χ3v) is 4.92. The summed E-state index contributed by atoms with van der Waals surface area (Å²) in [5, 5.41) is 5.64. The molecule has 0 radical (unpaired) electrons. The van der Waals surface area contributed by atoms with Gasteiger partial charge in [-0.3, -0.25) is 4.79 Å². The van der Waals surface area contributed by atoms with Gasteiger partial charge in [-0.05, 0) is 62.1 Å². The number of amides is 3. The number of nitrogens with one attached hydrogen (secondary N) is 2. The van der Waals surface area contributed by atoms with Gasteiger partial charge in [0.2, 0.25) is 5.91 Å². The molecule has 1 heterocycles. The number of anilines is 2. The fourth-order valence-electron chi connectivity index (χ4n) is 3.38. The summed E-state index contributed by atoms with van der Waals surface area (Å²) in [6.45, 7) is 3.69. The number of carbonyl (C=O) groups is 2. The van der Waals surface area contributed by atoms with Crippen molar-refractivity contribution in [3.8, 4) is 11.5 Å². The number of piperidine rings is 1. The molecule has 7 heteroatoms. The van der Waals surface area contributed by atoms with E-state index >= 15 is 0 Å². The molecule has 0 saturated carbocycles. The van der Waals surface area contributed by atoms with Crippen LogP contribution in [-0.4, -0.2) is 38.7 Å². The molecular weight excluding hydrogens is 382 g/mol. The molecule has 0 aromatic heterocycles. The van der Waals surface area contributed by atoms with Crippen LogP contribution in [0, 0.1) is 6.92 Å². The quantitative estimate of drug-likeness (QED) is 0.641. The lowest BCUT2D eigenvalue weighted by molar-refractivity contribution is -0.119. The van der Waals surface area contributed by atoms with Gasteiger partial charge in [0.25, 0.3) is 0 Å². The number of aryl methyl sites for hydroxylation is 1. The smallest absolute Gasteiger partial charge is 0.319 e. The first-order chi connectivity index (χ1) is 14.6. The van der Waals surface area contributed by atoms with Crippen LogP contribution in [0.2, 0.25) is 0 Å². The van der Waals surface area contributed by atoms with E-state index in [1.165, 1.54) is 0 Å². The van der Waals surface area contributed by atoms with Crippen molar-refractivity contribution in [1.82, 2.24) is 5.32 Å². The average Bonchev–Trinajstić information content (AvgIpc) is 2.74. The van der Waals surface area contributed by atoms with Crippen LogP contribution in [0.4, 0.5) is 16.2 Å². The van der Waals surface area contributed by atoms with Crippen LogP contribution in [0.3, 0.4) is 0 Å². The van der Waals surface area contributed by atoms with Crippen LogP contribution in [-0.2, 0) is 4.79 Å². The molecule has 2 N–H and O–H groups in total. The van der Waals surface area contributed by atoms with Crippen LogP contribution >= 0.6 is 0 Å². The number of benzene rings is 2. The van der Waals surface area contributed by atoms with Gasteiger partial charge in [-0.2, -0.15) is 0 Å². The first kappa shape index (κ1) is 21.5. The highest BCUT2D eigenvalue weighted by molar-refractivity contribution is 5.97. The van der Waals surface area contributed by atoms with E-state index in [1.807, 2.05) is 31.2 Å². The molecule has 2 aromatic carbocycles. The molecule has 0 atom stereocenters. The Morgan fingerprint density at radius 1 is 1.17 bits per heavy atom. The lowest BCUT2D eigenvalue weighted by atomic mass is 10.1. The highest BCUT2D eigenvalue weighted by Gasteiger charge is 2.23. The first-order valence-electron chi connectivity index (χ1n) is 10.3. The maximum atomic E-state index is 12.3. The van der Waals surface area contributed by atoms with E-state index in [4.69, 9.17) is 9.47 Å². The van der Waals surface area contributed by atoms with Gasteiger partial charge < -0.3 is 25.0 Å². The van der Waals surface area contributed by atoms with Crippen molar-refractivity contribution < 1.29 is 19.1 Å². The van der Waals surface area contributed by atoms with Gasteiger partial charge in [-0.15, -0.1) is 0 Å². The van der Waals surface area contributed by atoms with E-state index in [0.717, 1.165) is 24.2 Å². The molecule has 30 heavy (non-hydrogen) atoms. The third kappa shape index (κ3) is 5.89. The number of urea groups is 1. The molecule has 3 rings (SSSR count). The van der Waals surface area contributed by atoms with E-state index in [1.54, 1.807) is 30.2 Å². The van der Waals surface area contributed by atoms with Crippen molar-refractivity contribution in [2.75, 3.05) is 37.0 Å². The fourth-order valence-corrected chi connectivity index (χ4v) is 3.38. The van der Waals surface area contributed by atoms with Gasteiger partial charge in [0.1, 0.15) is 11.5 Å². The third-order valence-electron chi connectivity index (χ3n) is 4.92. The number of nitrogens with zero attached hydrogens (tertiary/aromatic N) is 1. The van der Waals surface area contributed by atoms with Crippen LogP contribution < -0.4 is 25.0 Å². The van der Waals surface area contributed by atoms with E-state index in [-0.39, 0.29) is 11.9 Å². The zero-order valence-electron chi connectivity index (χ0n) is 17.6. The zero-order valence-corrected chi connectivity index (χ0v) is 17.6. The Bertz CT molecular complexity index is 885. The van der Waals surface area contributed by atoms with Gasteiger partial charge in [0, 0.05) is 25.2 Å². The largest absolute Gasteiger partial charge is 0.495 e. The summed E-state index contributed by atoms with van der Waals surface area (Å²) in [7, 11) is 1.58. The minimum atomic E-state index is -0.299. The van der Waals surface area contributed by atoms with E-state index < -0.39 is 0 Å². The van der Waals surface area contributed by atoms with Crippen molar-refractivity contribution in [1.29, 1.82) is 0 Å². The van der Waals surface area contributed by atoms with E-state index in [9.17, 15) is 9.59 Å². The second-order valence-corrected chi connectivity index (χ2v) is 7.29. The molecule has 7 nitrogen and oxygen atoms in total. The van der Waals surface area contributed by atoms with Crippen LogP contribution in [0.15, 0.2) is 42.5 Å². The molecule has 160 valence electrons. The second-order valence-electron chi connectivity index (χ2n) is 7.29. The maximum absolute atomic E-state index is 12.3. The van der Waals surface area contributed by atoms with Gasteiger partial charge in [-0.1, -0.05) is 12.1 Å². The summed E-state index contributed by atoms with van der Waals surface area (Å²) < 4.78 is 11.1. The highest BCUT2D eigenvalue weighted by atomic mass is 16.5. The van der Waals surface area contributed by atoms with Crippen molar-refractivity contribution in [3.05, 3.63) is 48.0 Å². The Morgan fingerprint density at radius 2 is 2.03 bits per heavy atom. The molecular formula is C23H29N3O4. The van der Waals surface area contributed by atoms with Crippen LogP contribution in [0.5, 0.6) is 11.5 Å². The molecule has 2 aromatic rings. The SMILES string of the molecule is COc1ccc(NC(=O)NCCCOc2cccc(C)c2)cc1N1CCCCC1=O. The van der Waals surface area contributed by atoms with Gasteiger partial charge in [0.05, 0.1) is 19.4 Å². The van der Waals surface area contributed by atoms with E-state index in [2.05, 4.69) is 10.6 Å². The number of rotatable bonds is 8. The van der Waals surface area contributed by atoms with Crippen molar-refractivity contribution >= 4 is 23.3 Å². The Labute approximate surface area is 177 Å². The molecule has 1 aliphatic heterocycles. The van der Waals surface area contributed by atoms with Crippen LogP contribution in [0.25, 0.3) is 0 Å². The minimum absolute atomic E-state index is 0.0785. The minimum Gasteiger partial charge on any atom is -0.495 e. The lowest BCUT2D eigenvalue weighted by Gasteiger charge is -2.28. The normalized spacial score (nSPS) is 13.7. The molecule has 0 unspecified atom stereocenters. The van der Waals surface area contributed by atoms with Gasteiger partial charge in [-0.25, -0.2) is 4.79 Å². The van der Waals surface area contributed by atoms with Crippen molar-refractivity contribution in [3.63, 3.8) is 0 Å². The Balaban J connectivity index is 1.48. The number of methoxy groups -OCH3 is 1. The Kier molecular flexibility index (Phi) is 7.54. The predicted octanol–water partition coefficient (Wildman–Crippen LogP) is 4.11. The van der Waals surface area contributed by atoms with Crippen molar-refractivity contribution in [2.45, 2.75) is 32.6 Å². The summed E-state index contributed by atoms with van der Waals surface area (Å²) in [6.07, 6.45) is 3.09. The summed E-state index contributed by atoms with van der Waals surface area (Å²) in [5.41, 5.74) is 2.44. The summed E-state index contributed by atoms with van der Waals surface area (Å²) in [6, 6.07) is 12.9. The second kappa shape index (κ2) is 10.5. The van der Waals surface area contributed by atoms with Crippen molar-refractivity contribution in [2.24, 2.45) is 0 Å². The highest BCUT2D eigenvalue weighted by Crippen LogP contribution is 2.33. The first-order valence-corrected chi connectivity index (χ1v) is 10.3. The number of ether oxygens (including phenoxy) is 2. The molecule has 0 bridgehead atoms. The van der Waals surface area contributed by atoms with Gasteiger partial charge >= 0.3 is 6.03 Å². The summed E-state index contributed by atoms with van der Waals surface area (Å²) >= 11 is 0. The number of hydrogen-bond acceptors (Lipinski definition) is 4. The van der Waals surface area contributed by atoms with Crippen LogP contribution in [0.1, 0.15) is 31.2 Å². The monoisotopic (exact) mass is 411 g/mol. The molecule has 3 amide bonds.